The van der Waals surface area contributed by atoms with Gasteiger partial charge in [0, 0.05) is 12.1 Å². The number of ketones is 1. The number of carbonyl (C=O) groups excluding carboxylic acids is 1. The van der Waals surface area contributed by atoms with Crippen molar-refractivity contribution in [2.24, 2.45) is 5.92 Å². The van der Waals surface area contributed by atoms with Gasteiger partial charge in [0.05, 0.1) is 12.0 Å². The fraction of sp³-hybridized carbons (Fsp3) is 0.389. The molecule has 1 aromatic heterocycles. The number of thioether (sulfide) groups is 1. The lowest BCUT2D eigenvalue weighted by molar-refractivity contribution is -0.123. The summed E-state index contributed by atoms with van der Waals surface area (Å²) in [5.41, 5.74) is 3.38. The third-order valence-corrected chi connectivity index (χ3v) is 5.33. The highest BCUT2D eigenvalue weighted by atomic mass is 32.2. The molecule has 5 nitrogen and oxygen atoms in total. The number of aryl methyl sites for hydroxylation is 1. The van der Waals surface area contributed by atoms with Crippen molar-refractivity contribution in [3.05, 3.63) is 47.2 Å². The van der Waals surface area contributed by atoms with Crippen LogP contribution in [0.3, 0.4) is 0 Å². The van der Waals surface area contributed by atoms with Gasteiger partial charge < -0.3 is 5.32 Å². The van der Waals surface area contributed by atoms with Crippen LogP contribution in [0.4, 0.5) is 5.95 Å². The number of fused-ring (bicyclic) bond motifs is 2. The van der Waals surface area contributed by atoms with Gasteiger partial charge in [0.1, 0.15) is 5.78 Å². The Balaban J connectivity index is 1.86. The highest BCUT2D eigenvalue weighted by Gasteiger charge is 2.41. The van der Waals surface area contributed by atoms with Gasteiger partial charge in [-0.15, -0.1) is 5.10 Å². The number of allylic oxidation sites excluding steroid dienone is 2. The monoisotopic (exact) mass is 340 g/mol. The summed E-state index contributed by atoms with van der Waals surface area (Å²) in [6.07, 6.45) is 6.49. The Labute approximate surface area is 145 Å². The number of aromatic nitrogens is 3. The zero-order valence-corrected chi connectivity index (χ0v) is 14.6. The van der Waals surface area contributed by atoms with Gasteiger partial charge in [-0.3, -0.25) is 4.79 Å². The van der Waals surface area contributed by atoms with Crippen molar-refractivity contribution in [1.29, 1.82) is 0 Å². The highest BCUT2D eigenvalue weighted by molar-refractivity contribution is 7.98. The van der Waals surface area contributed by atoms with Gasteiger partial charge in [0.25, 0.3) is 0 Å². The summed E-state index contributed by atoms with van der Waals surface area (Å²) in [6, 6.07) is 8.40. The van der Waals surface area contributed by atoms with Crippen LogP contribution in [0.2, 0.25) is 0 Å². The number of benzene rings is 1. The first-order chi connectivity index (χ1) is 11.7. The smallest absolute Gasteiger partial charge is 0.227 e. The number of rotatable bonds is 3. The fourth-order valence-electron chi connectivity index (χ4n) is 3.52. The number of nitrogens with one attached hydrogen (secondary N) is 1. The third-order valence-electron chi connectivity index (χ3n) is 4.80. The molecule has 1 N–H and O–H groups in total. The quantitative estimate of drug-likeness (QED) is 0.867. The summed E-state index contributed by atoms with van der Waals surface area (Å²) in [5.74, 6) is 0.799. The standard InChI is InChI=1S/C18H20N4OS/c1-3-11-7-9-12(10-8-11)16-15-13(5-4-6-14(15)23)19-17-20-18(24-2)21-22(16)17/h5,7-10,15-16H,3-4,6H2,1-2H3,(H,19,20,21)/t15-,16-/m0/s1. The topological polar surface area (TPSA) is 59.8 Å². The molecular formula is C18H20N4OS. The van der Waals surface area contributed by atoms with E-state index in [-0.39, 0.29) is 17.7 Å². The van der Waals surface area contributed by atoms with Gasteiger partial charge in [-0.2, -0.15) is 4.98 Å². The van der Waals surface area contributed by atoms with E-state index in [2.05, 4.69) is 52.7 Å². The number of Topliss-reactive ketones (excluding diaryl/α,β-unsaturated/α-hetero) is 1. The molecule has 4 rings (SSSR count). The predicted molar refractivity (Wildman–Crippen MR) is 95.2 cm³/mol. The van der Waals surface area contributed by atoms with Crippen LogP contribution in [0.25, 0.3) is 0 Å². The summed E-state index contributed by atoms with van der Waals surface area (Å²) >= 11 is 1.51. The molecule has 2 aliphatic rings. The number of nitrogens with zero attached hydrogens (tertiary/aromatic N) is 3. The van der Waals surface area contributed by atoms with Crippen LogP contribution < -0.4 is 5.32 Å². The van der Waals surface area contributed by atoms with Crippen molar-refractivity contribution in [3.63, 3.8) is 0 Å². The normalized spacial score (nSPS) is 22.4. The molecular weight excluding hydrogens is 320 g/mol. The summed E-state index contributed by atoms with van der Waals surface area (Å²) < 4.78 is 1.89. The minimum atomic E-state index is -0.199. The minimum Gasteiger partial charge on any atom is -0.328 e. The average molecular weight is 340 g/mol. The van der Waals surface area contributed by atoms with Crippen LogP contribution in [0, 0.1) is 5.92 Å². The molecule has 1 aliphatic heterocycles. The second kappa shape index (κ2) is 6.09. The Kier molecular flexibility index (Phi) is 3.92. The maximum atomic E-state index is 12.7. The van der Waals surface area contributed by atoms with Gasteiger partial charge >= 0.3 is 0 Å². The number of hydrogen-bond donors (Lipinski definition) is 1. The lowest BCUT2D eigenvalue weighted by Gasteiger charge is -2.36. The summed E-state index contributed by atoms with van der Waals surface area (Å²) in [6.45, 7) is 2.14. The number of hydrogen-bond acceptors (Lipinski definition) is 5. The van der Waals surface area contributed by atoms with Crippen LogP contribution in [0.15, 0.2) is 41.2 Å². The van der Waals surface area contributed by atoms with E-state index in [1.54, 1.807) is 0 Å². The first-order valence-corrected chi connectivity index (χ1v) is 9.53. The van der Waals surface area contributed by atoms with Crippen molar-refractivity contribution in [2.45, 2.75) is 37.4 Å². The molecule has 0 spiro atoms. The zero-order valence-electron chi connectivity index (χ0n) is 13.8. The first-order valence-electron chi connectivity index (χ1n) is 8.30. The van der Waals surface area contributed by atoms with E-state index in [9.17, 15) is 4.79 Å². The molecule has 0 unspecified atom stereocenters. The summed E-state index contributed by atoms with van der Waals surface area (Å²) in [5, 5.41) is 8.67. The van der Waals surface area contributed by atoms with Gasteiger partial charge in [-0.05, 0) is 30.2 Å². The molecule has 24 heavy (non-hydrogen) atoms. The SMILES string of the molecule is CCc1ccc([C@H]2[C@@H]3C(=O)CCC=C3Nc3nc(SC)nn32)cc1. The molecule has 2 heterocycles. The minimum absolute atomic E-state index is 0.125. The van der Waals surface area contributed by atoms with Gasteiger partial charge in [-0.25, -0.2) is 4.68 Å². The molecule has 2 atom stereocenters. The highest BCUT2D eigenvalue weighted by Crippen LogP contribution is 2.41. The van der Waals surface area contributed by atoms with Crippen LogP contribution >= 0.6 is 11.8 Å². The lowest BCUT2D eigenvalue weighted by atomic mass is 9.80. The first kappa shape index (κ1) is 15.4. The number of anilines is 1. The molecule has 0 radical (unpaired) electrons. The van der Waals surface area contributed by atoms with Crippen molar-refractivity contribution < 1.29 is 4.79 Å². The van der Waals surface area contributed by atoms with E-state index >= 15 is 0 Å². The molecule has 0 bridgehead atoms. The number of carbonyl (C=O) groups is 1. The molecule has 1 aromatic carbocycles. The fourth-order valence-corrected chi connectivity index (χ4v) is 3.87. The second-order valence-electron chi connectivity index (χ2n) is 6.17. The lowest BCUT2D eigenvalue weighted by Crippen LogP contribution is -2.38. The Morgan fingerprint density at radius 1 is 1.33 bits per heavy atom. The molecule has 0 saturated carbocycles. The molecule has 0 fully saturated rings. The van der Waals surface area contributed by atoms with Crippen molar-refractivity contribution in [2.75, 3.05) is 11.6 Å². The Morgan fingerprint density at radius 3 is 2.83 bits per heavy atom. The van der Waals surface area contributed by atoms with Crippen LogP contribution in [-0.2, 0) is 11.2 Å². The van der Waals surface area contributed by atoms with E-state index in [1.165, 1.54) is 17.3 Å². The van der Waals surface area contributed by atoms with Crippen LogP contribution in [-0.4, -0.2) is 26.8 Å². The van der Waals surface area contributed by atoms with Crippen molar-refractivity contribution in [1.82, 2.24) is 14.8 Å². The molecule has 124 valence electrons. The maximum absolute atomic E-state index is 12.7. The van der Waals surface area contributed by atoms with Crippen molar-refractivity contribution >= 4 is 23.5 Å². The molecule has 0 amide bonds. The second-order valence-corrected chi connectivity index (χ2v) is 6.95. The summed E-state index contributed by atoms with van der Waals surface area (Å²) in [4.78, 5) is 17.2. The van der Waals surface area contributed by atoms with Gasteiger partial charge in [0.2, 0.25) is 11.1 Å². The molecule has 1 aliphatic carbocycles. The van der Waals surface area contributed by atoms with E-state index in [4.69, 9.17) is 0 Å². The van der Waals surface area contributed by atoms with Crippen LogP contribution in [0.1, 0.15) is 36.9 Å². The van der Waals surface area contributed by atoms with E-state index in [0.29, 0.717) is 6.42 Å². The Bertz CT molecular complexity index is 809. The van der Waals surface area contributed by atoms with Crippen molar-refractivity contribution in [3.8, 4) is 0 Å². The Hall–Kier alpha value is -2.08. The maximum Gasteiger partial charge on any atom is 0.227 e. The third kappa shape index (κ3) is 2.45. The van der Waals surface area contributed by atoms with Gasteiger partial charge in [0.15, 0.2) is 0 Å². The molecule has 0 saturated heterocycles. The largest absolute Gasteiger partial charge is 0.328 e. The average Bonchev–Trinajstić information content (AvgIpc) is 3.03. The van der Waals surface area contributed by atoms with E-state index < -0.39 is 0 Å². The zero-order chi connectivity index (χ0) is 16.7. The molecule has 2 aromatic rings. The van der Waals surface area contributed by atoms with Gasteiger partial charge in [-0.1, -0.05) is 49.0 Å². The summed E-state index contributed by atoms with van der Waals surface area (Å²) in [7, 11) is 0. The Morgan fingerprint density at radius 2 is 2.12 bits per heavy atom. The predicted octanol–water partition coefficient (Wildman–Crippen LogP) is 3.44. The van der Waals surface area contributed by atoms with E-state index in [0.717, 1.165) is 35.2 Å². The van der Waals surface area contributed by atoms with E-state index in [1.807, 2.05) is 10.9 Å². The van der Waals surface area contributed by atoms with Crippen LogP contribution in [0.5, 0.6) is 0 Å². The molecule has 6 heteroatoms.